The molecule has 1 amide bonds. The number of hydrogen-bond acceptors (Lipinski definition) is 5. The number of amides is 1. The molecule has 0 fully saturated rings. The molecule has 0 spiro atoms. The maximum Gasteiger partial charge on any atom is 0.407 e. The summed E-state index contributed by atoms with van der Waals surface area (Å²) in [5, 5.41) is 3.01. The number of alkyl carbamates (subject to hydrolysis) is 1. The lowest BCUT2D eigenvalue weighted by Crippen LogP contribution is -2.43. The molecule has 0 saturated heterocycles. The van der Waals surface area contributed by atoms with Gasteiger partial charge in [-0.15, -0.1) is 0 Å². The van der Waals surface area contributed by atoms with Gasteiger partial charge in [-0.1, -0.05) is 84.0 Å². The topological polar surface area (TPSA) is 41.6 Å². The first-order valence-electron chi connectivity index (χ1n) is 11.5. The van der Waals surface area contributed by atoms with Crippen LogP contribution in [0, 0.1) is 0 Å². The van der Waals surface area contributed by atoms with Gasteiger partial charge >= 0.3 is 6.09 Å². The van der Waals surface area contributed by atoms with Gasteiger partial charge in [-0.25, -0.2) is 4.79 Å². The summed E-state index contributed by atoms with van der Waals surface area (Å²) < 4.78 is 5.32. The van der Waals surface area contributed by atoms with Gasteiger partial charge in [0.15, 0.2) is 0 Å². The Labute approximate surface area is 199 Å². The highest BCUT2D eigenvalue weighted by atomic mass is 33.1. The molecular formula is C25H44N2O2S2. The van der Waals surface area contributed by atoms with Gasteiger partial charge in [-0.2, -0.15) is 0 Å². The Hall–Kier alpha value is -1.11. The van der Waals surface area contributed by atoms with Gasteiger partial charge in [-0.05, 0) is 59.0 Å². The second-order valence-electron chi connectivity index (χ2n) is 7.45. The van der Waals surface area contributed by atoms with Crippen molar-refractivity contribution in [1.82, 2.24) is 10.2 Å². The number of allylic oxidation sites excluding steroid dienone is 7. The number of rotatable bonds is 19. The summed E-state index contributed by atoms with van der Waals surface area (Å²) in [6, 6.07) is 0.0833. The zero-order valence-corrected chi connectivity index (χ0v) is 21.7. The molecule has 0 aliphatic rings. The van der Waals surface area contributed by atoms with Crippen molar-refractivity contribution < 1.29 is 9.53 Å². The number of carbonyl (C=O) groups excluding carboxylic acids is 1. The van der Waals surface area contributed by atoms with Crippen molar-refractivity contribution in [3.63, 3.8) is 0 Å². The fraction of sp³-hybridized carbons (Fsp3) is 0.640. The average molecular weight is 469 g/mol. The Balaban J connectivity index is 3.93. The number of hydrogen-bond donors (Lipinski definition) is 1. The lowest BCUT2D eigenvalue weighted by atomic mass is 10.2. The molecule has 0 aromatic heterocycles. The first-order chi connectivity index (χ1) is 15.1. The smallest absolute Gasteiger partial charge is 0.407 e. The molecule has 0 bridgehead atoms. The number of carbonyl (C=O) groups is 1. The fourth-order valence-corrected chi connectivity index (χ4v) is 4.91. The van der Waals surface area contributed by atoms with E-state index in [-0.39, 0.29) is 12.1 Å². The third-order valence-electron chi connectivity index (χ3n) is 4.06. The molecule has 0 saturated carbocycles. The van der Waals surface area contributed by atoms with Gasteiger partial charge in [0, 0.05) is 18.1 Å². The van der Waals surface area contributed by atoms with Crippen molar-refractivity contribution in [2.75, 3.05) is 38.8 Å². The maximum atomic E-state index is 12.1. The molecule has 1 unspecified atom stereocenters. The van der Waals surface area contributed by atoms with E-state index >= 15 is 0 Å². The number of unbranched alkanes of at least 4 members (excludes halogenated alkanes) is 1. The largest absolute Gasteiger partial charge is 0.449 e. The first kappa shape index (κ1) is 29.9. The van der Waals surface area contributed by atoms with E-state index in [1.807, 2.05) is 35.7 Å². The molecule has 4 nitrogen and oxygen atoms in total. The van der Waals surface area contributed by atoms with E-state index in [4.69, 9.17) is 4.74 Å². The van der Waals surface area contributed by atoms with E-state index in [1.54, 1.807) is 0 Å². The highest BCUT2D eigenvalue weighted by Crippen LogP contribution is 2.23. The van der Waals surface area contributed by atoms with Crippen LogP contribution in [-0.4, -0.2) is 55.8 Å². The standard InChI is InChI=1S/C25H44N2O2S2/c1-5-7-9-11-13-15-17-19-21-30-31-23-24(22-27(3)4)26-25(28)29-20-18-16-14-12-10-8-6-2/h7-10,13-16,24H,5-6,11-12,17-23H2,1-4H3,(H,26,28)/b9-7+,10-8+,15-13+,16-14+. The lowest BCUT2D eigenvalue weighted by molar-refractivity contribution is 0.143. The SMILES string of the molecule is CC/C=C/C/C=C/CCCSSCC(CN(C)C)NC(=O)OCC/C=C/C/C=C/CC. The zero-order valence-electron chi connectivity index (χ0n) is 20.1. The van der Waals surface area contributed by atoms with Crippen molar-refractivity contribution in [3.8, 4) is 0 Å². The molecule has 1 N–H and O–H groups in total. The quantitative estimate of drug-likeness (QED) is 0.125. The molecular weight excluding hydrogens is 424 g/mol. The molecule has 1 atom stereocenters. The van der Waals surface area contributed by atoms with Crippen LogP contribution in [0.2, 0.25) is 0 Å². The summed E-state index contributed by atoms with van der Waals surface area (Å²) in [6.07, 6.45) is 24.3. The van der Waals surface area contributed by atoms with E-state index in [2.05, 4.69) is 72.7 Å². The van der Waals surface area contributed by atoms with Gasteiger partial charge in [0.1, 0.15) is 0 Å². The highest BCUT2D eigenvalue weighted by Gasteiger charge is 2.14. The molecule has 0 heterocycles. The number of nitrogens with zero attached hydrogens (tertiary/aromatic N) is 1. The van der Waals surface area contributed by atoms with Crippen molar-refractivity contribution >= 4 is 27.7 Å². The van der Waals surface area contributed by atoms with Crippen molar-refractivity contribution in [2.24, 2.45) is 0 Å². The van der Waals surface area contributed by atoms with E-state index in [1.165, 1.54) is 6.42 Å². The maximum absolute atomic E-state index is 12.1. The summed E-state index contributed by atoms with van der Waals surface area (Å²) >= 11 is 0. The minimum Gasteiger partial charge on any atom is -0.449 e. The fourth-order valence-electron chi connectivity index (χ4n) is 2.57. The average Bonchev–Trinajstić information content (AvgIpc) is 2.73. The summed E-state index contributed by atoms with van der Waals surface area (Å²) in [5.74, 6) is 2.00. The van der Waals surface area contributed by atoms with Crippen LogP contribution in [0.1, 0.15) is 58.8 Å². The van der Waals surface area contributed by atoms with E-state index in [0.29, 0.717) is 6.61 Å². The van der Waals surface area contributed by atoms with Gasteiger partial charge < -0.3 is 15.0 Å². The molecule has 0 aromatic carbocycles. The first-order valence-corrected chi connectivity index (χ1v) is 14.0. The predicted octanol–water partition coefficient (Wildman–Crippen LogP) is 7.02. The minimum absolute atomic E-state index is 0.0833. The highest BCUT2D eigenvalue weighted by molar-refractivity contribution is 8.76. The predicted molar refractivity (Wildman–Crippen MR) is 142 cm³/mol. The second kappa shape index (κ2) is 23.6. The molecule has 0 radical (unpaired) electrons. The molecule has 178 valence electrons. The van der Waals surface area contributed by atoms with Gasteiger partial charge in [-0.3, -0.25) is 0 Å². The van der Waals surface area contributed by atoms with E-state index in [9.17, 15) is 4.79 Å². The van der Waals surface area contributed by atoms with Crippen LogP contribution in [0.3, 0.4) is 0 Å². The third kappa shape index (κ3) is 23.4. The van der Waals surface area contributed by atoms with E-state index < -0.39 is 0 Å². The van der Waals surface area contributed by atoms with Crippen molar-refractivity contribution in [2.45, 2.75) is 64.8 Å². The van der Waals surface area contributed by atoms with Crippen LogP contribution in [0.25, 0.3) is 0 Å². The van der Waals surface area contributed by atoms with Crippen LogP contribution in [0.4, 0.5) is 4.79 Å². The minimum atomic E-state index is -0.320. The molecule has 0 aliphatic heterocycles. The van der Waals surface area contributed by atoms with Crippen LogP contribution >= 0.6 is 21.6 Å². The summed E-state index contributed by atoms with van der Waals surface area (Å²) in [6.45, 7) is 5.50. The van der Waals surface area contributed by atoms with Gasteiger partial charge in [0.25, 0.3) is 0 Å². The number of ether oxygens (including phenoxy) is 1. The second-order valence-corrected chi connectivity index (χ2v) is 10.1. The van der Waals surface area contributed by atoms with Crippen LogP contribution in [0.15, 0.2) is 48.6 Å². The Morgan fingerprint density at radius 1 is 0.903 bits per heavy atom. The van der Waals surface area contributed by atoms with Crippen LogP contribution in [0.5, 0.6) is 0 Å². The summed E-state index contributed by atoms with van der Waals surface area (Å²) in [7, 11) is 7.76. The molecule has 0 rings (SSSR count). The Bertz CT molecular complexity index is 532. The summed E-state index contributed by atoms with van der Waals surface area (Å²) in [4.78, 5) is 14.2. The van der Waals surface area contributed by atoms with Gasteiger partial charge in [0.2, 0.25) is 0 Å². The van der Waals surface area contributed by atoms with Crippen molar-refractivity contribution in [3.05, 3.63) is 48.6 Å². The molecule has 0 aromatic rings. The zero-order chi connectivity index (χ0) is 23.0. The normalized spacial score (nSPS) is 13.3. The monoisotopic (exact) mass is 468 g/mol. The van der Waals surface area contributed by atoms with Crippen molar-refractivity contribution in [1.29, 1.82) is 0 Å². The summed E-state index contributed by atoms with van der Waals surface area (Å²) in [5.41, 5.74) is 0. The Morgan fingerprint density at radius 2 is 1.52 bits per heavy atom. The lowest BCUT2D eigenvalue weighted by Gasteiger charge is -2.21. The third-order valence-corrected chi connectivity index (χ3v) is 6.63. The Kier molecular flexibility index (Phi) is 22.7. The van der Waals surface area contributed by atoms with Gasteiger partial charge in [0.05, 0.1) is 12.6 Å². The molecule has 31 heavy (non-hydrogen) atoms. The molecule has 0 aliphatic carbocycles. The van der Waals surface area contributed by atoms with Crippen LogP contribution in [-0.2, 0) is 4.74 Å². The number of likely N-dealkylation sites (N-methyl/N-ethyl adjacent to an activating group) is 1. The number of nitrogens with one attached hydrogen (secondary N) is 1. The molecule has 6 heteroatoms. The van der Waals surface area contributed by atoms with E-state index in [0.717, 1.165) is 56.6 Å². The van der Waals surface area contributed by atoms with Crippen LogP contribution < -0.4 is 5.32 Å². The Morgan fingerprint density at radius 3 is 2.13 bits per heavy atom.